The summed E-state index contributed by atoms with van der Waals surface area (Å²) < 4.78 is 4.82. The van der Waals surface area contributed by atoms with Gasteiger partial charge >= 0.3 is 5.97 Å². The van der Waals surface area contributed by atoms with Crippen molar-refractivity contribution in [2.24, 2.45) is 0 Å². The number of benzene rings is 2. The number of fused-ring (bicyclic) bond motifs is 1. The number of carbonyl (C=O) groups excluding carboxylic acids is 1. The van der Waals surface area contributed by atoms with Crippen molar-refractivity contribution < 1.29 is 9.53 Å². The molecule has 0 bridgehead atoms. The molecule has 3 nitrogen and oxygen atoms in total. The summed E-state index contributed by atoms with van der Waals surface area (Å²) in [5, 5.41) is 1.69. The number of hydrogen-bond acceptors (Lipinski definition) is 2. The van der Waals surface area contributed by atoms with Crippen molar-refractivity contribution in [3.63, 3.8) is 0 Å². The van der Waals surface area contributed by atoms with Crippen LogP contribution in [0, 0.1) is 0 Å². The van der Waals surface area contributed by atoms with Gasteiger partial charge in [-0.2, -0.15) is 0 Å². The van der Waals surface area contributed by atoms with Crippen LogP contribution in [-0.4, -0.2) is 18.1 Å². The van der Waals surface area contributed by atoms with Gasteiger partial charge in [0.05, 0.1) is 12.7 Å². The largest absolute Gasteiger partial charge is 0.465 e. The van der Waals surface area contributed by atoms with Crippen LogP contribution in [0.5, 0.6) is 0 Å². The summed E-state index contributed by atoms with van der Waals surface area (Å²) in [6.07, 6.45) is 0. The fraction of sp³-hybridized carbons (Fsp3) is 0.0625. The quantitative estimate of drug-likeness (QED) is 0.714. The highest BCUT2D eigenvalue weighted by molar-refractivity contribution is 6.31. The summed E-state index contributed by atoms with van der Waals surface area (Å²) in [6.45, 7) is 0. The molecule has 0 amide bonds. The molecule has 1 aromatic heterocycles. The Morgan fingerprint density at radius 1 is 1.15 bits per heavy atom. The zero-order valence-electron chi connectivity index (χ0n) is 10.8. The third-order valence-electron chi connectivity index (χ3n) is 3.21. The summed E-state index contributed by atoms with van der Waals surface area (Å²) in [4.78, 5) is 15.1. The van der Waals surface area contributed by atoms with E-state index in [1.54, 1.807) is 6.07 Å². The first-order valence-corrected chi connectivity index (χ1v) is 6.53. The molecule has 1 N–H and O–H groups in total. The Hall–Kier alpha value is -2.26. The Morgan fingerprint density at radius 2 is 1.95 bits per heavy atom. The highest BCUT2D eigenvalue weighted by Gasteiger charge is 2.14. The van der Waals surface area contributed by atoms with E-state index in [-0.39, 0.29) is 5.97 Å². The first-order valence-electron chi connectivity index (χ1n) is 6.15. The summed E-state index contributed by atoms with van der Waals surface area (Å²) in [5.74, 6) is -0.350. The minimum absolute atomic E-state index is 0.350. The molecule has 2 aromatic carbocycles. The van der Waals surface area contributed by atoms with Crippen molar-refractivity contribution in [1.29, 1.82) is 0 Å². The smallest absolute Gasteiger partial charge is 0.338 e. The second-order valence-corrected chi connectivity index (χ2v) is 4.89. The van der Waals surface area contributed by atoms with Gasteiger partial charge in [0, 0.05) is 27.2 Å². The van der Waals surface area contributed by atoms with E-state index in [0.29, 0.717) is 10.6 Å². The maximum Gasteiger partial charge on any atom is 0.338 e. The fourth-order valence-electron chi connectivity index (χ4n) is 2.25. The standard InChI is InChI=1S/C16H12ClNO2/c1-20-16(19)13-5-3-2-4-12(13)15-9-10-8-11(17)6-7-14(10)18-15/h2-9,18H,1H3. The van der Waals surface area contributed by atoms with Gasteiger partial charge in [0.15, 0.2) is 0 Å². The van der Waals surface area contributed by atoms with Crippen LogP contribution in [0.2, 0.25) is 5.02 Å². The average Bonchev–Trinajstić information content (AvgIpc) is 2.89. The predicted molar refractivity (Wildman–Crippen MR) is 80.1 cm³/mol. The van der Waals surface area contributed by atoms with Crippen LogP contribution >= 0.6 is 11.6 Å². The van der Waals surface area contributed by atoms with Gasteiger partial charge < -0.3 is 9.72 Å². The van der Waals surface area contributed by atoms with Gasteiger partial charge in [0.1, 0.15) is 0 Å². The SMILES string of the molecule is COC(=O)c1ccccc1-c1cc2cc(Cl)ccc2[nH]1. The van der Waals surface area contributed by atoms with Gasteiger partial charge in [-0.1, -0.05) is 29.8 Å². The van der Waals surface area contributed by atoms with E-state index in [1.165, 1.54) is 7.11 Å². The molecular formula is C16H12ClNO2. The van der Waals surface area contributed by atoms with E-state index in [9.17, 15) is 4.79 Å². The number of rotatable bonds is 2. The van der Waals surface area contributed by atoms with Gasteiger partial charge in [-0.05, 0) is 30.3 Å². The van der Waals surface area contributed by atoms with E-state index in [2.05, 4.69) is 4.98 Å². The summed E-state index contributed by atoms with van der Waals surface area (Å²) in [5.41, 5.74) is 3.19. The van der Waals surface area contributed by atoms with Crippen LogP contribution < -0.4 is 0 Å². The van der Waals surface area contributed by atoms with E-state index in [1.807, 2.05) is 42.5 Å². The molecule has 0 spiro atoms. The van der Waals surface area contributed by atoms with Crippen molar-refractivity contribution >= 4 is 28.5 Å². The second-order valence-electron chi connectivity index (χ2n) is 4.45. The topological polar surface area (TPSA) is 42.1 Å². The molecule has 0 fully saturated rings. The number of esters is 1. The average molecular weight is 286 g/mol. The predicted octanol–water partition coefficient (Wildman–Crippen LogP) is 4.27. The minimum Gasteiger partial charge on any atom is -0.465 e. The van der Waals surface area contributed by atoms with E-state index >= 15 is 0 Å². The highest BCUT2D eigenvalue weighted by Crippen LogP contribution is 2.28. The molecule has 0 aliphatic rings. The molecule has 100 valence electrons. The minimum atomic E-state index is -0.350. The molecule has 0 aliphatic carbocycles. The molecule has 0 atom stereocenters. The van der Waals surface area contributed by atoms with Crippen molar-refractivity contribution in [2.75, 3.05) is 7.11 Å². The monoisotopic (exact) mass is 285 g/mol. The highest BCUT2D eigenvalue weighted by atomic mass is 35.5. The zero-order valence-corrected chi connectivity index (χ0v) is 11.6. The molecule has 3 rings (SSSR count). The number of carbonyl (C=O) groups is 1. The molecule has 0 saturated carbocycles. The Morgan fingerprint density at radius 3 is 2.75 bits per heavy atom. The Bertz CT molecular complexity index is 792. The number of ether oxygens (including phenoxy) is 1. The number of methoxy groups -OCH3 is 1. The van der Waals surface area contributed by atoms with E-state index in [4.69, 9.17) is 16.3 Å². The van der Waals surface area contributed by atoms with Crippen molar-refractivity contribution in [3.8, 4) is 11.3 Å². The normalized spacial score (nSPS) is 10.7. The summed E-state index contributed by atoms with van der Waals surface area (Å²) in [7, 11) is 1.38. The van der Waals surface area contributed by atoms with E-state index < -0.39 is 0 Å². The van der Waals surface area contributed by atoms with Gasteiger partial charge in [-0.25, -0.2) is 4.79 Å². The second kappa shape index (κ2) is 5.02. The molecule has 3 aromatic rings. The third kappa shape index (κ3) is 2.17. The van der Waals surface area contributed by atoms with Crippen molar-refractivity contribution in [1.82, 2.24) is 4.98 Å². The molecule has 20 heavy (non-hydrogen) atoms. The maximum atomic E-state index is 11.8. The van der Waals surface area contributed by atoms with Crippen LogP contribution in [0.3, 0.4) is 0 Å². The molecule has 0 aliphatic heterocycles. The Kier molecular flexibility index (Phi) is 3.20. The lowest BCUT2D eigenvalue weighted by molar-refractivity contribution is 0.0601. The van der Waals surface area contributed by atoms with Gasteiger partial charge in [-0.3, -0.25) is 0 Å². The maximum absolute atomic E-state index is 11.8. The molecule has 0 saturated heterocycles. The number of aromatic nitrogens is 1. The number of nitrogens with one attached hydrogen (secondary N) is 1. The third-order valence-corrected chi connectivity index (χ3v) is 3.44. The first kappa shape index (κ1) is 12.8. The zero-order chi connectivity index (χ0) is 14.1. The number of halogens is 1. The Labute approximate surface area is 121 Å². The molecule has 4 heteroatoms. The molecule has 0 unspecified atom stereocenters. The summed E-state index contributed by atoms with van der Waals surface area (Å²) in [6, 6.07) is 15.0. The lowest BCUT2D eigenvalue weighted by Crippen LogP contribution is -2.03. The summed E-state index contributed by atoms with van der Waals surface area (Å²) >= 11 is 5.99. The number of aromatic amines is 1. The van der Waals surface area contributed by atoms with Crippen LogP contribution in [0.1, 0.15) is 10.4 Å². The molecule has 1 heterocycles. The first-order chi connectivity index (χ1) is 9.69. The van der Waals surface area contributed by atoms with Crippen molar-refractivity contribution in [3.05, 3.63) is 59.1 Å². The lowest BCUT2D eigenvalue weighted by atomic mass is 10.0. The molecule has 0 radical (unpaired) electrons. The molecular weight excluding hydrogens is 274 g/mol. The fourth-order valence-corrected chi connectivity index (χ4v) is 2.44. The number of H-pyrrole nitrogens is 1. The van der Waals surface area contributed by atoms with E-state index in [0.717, 1.165) is 22.2 Å². The van der Waals surface area contributed by atoms with Crippen LogP contribution in [0.15, 0.2) is 48.5 Å². The van der Waals surface area contributed by atoms with Crippen LogP contribution in [-0.2, 0) is 4.74 Å². The lowest BCUT2D eigenvalue weighted by Gasteiger charge is -2.05. The van der Waals surface area contributed by atoms with Gasteiger partial charge in [-0.15, -0.1) is 0 Å². The van der Waals surface area contributed by atoms with Crippen LogP contribution in [0.25, 0.3) is 22.2 Å². The van der Waals surface area contributed by atoms with Crippen LogP contribution in [0.4, 0.5) is 0 Å². The van der Waals surface area contributed by atoms with Crippen molar-refractivity contribution in [2.45, 2.75) is 0 Å². The Balaban J connectivity index is 2.18. The number of hydrogen-bond donors (Lipinski definition) is 1. The van der Waals surface area contributed by atoms with Gasteiger partial charge in [0.25, 0.3) is 0 Å². The van der Waals surface area contributed by atoms with Gasteiger partial charge in [0.2, 0.25) is 0 Å².